The number of hydrogen-bond donors (Lipinski definition) is 1. The Hall–Kier alpha value is -1.59. The smallest absolute Gasteiger partial charge is 0.382 e. The van der Waals surface area contributed by atoms with E-state index in [4.69, 9.17) is 0 Å². The number of rotatable bonds is 5. The van der Waals surface area contributed by atoms with Gasteiger partial charge in [0.15, 0.2) is 0 Å². The van der Waals surface area contributed by atoms with Crippen molar-refractivity contribution < 1.29 is 53.4 Å². The van der Waals surface area contributed by atoms with E-state index in [9.17, 15) is 53.4 Å². The summed E-state index contributed by atoms with van der Waals surface area (Å²) in [6.45, 7) is 0.995. The molecular formula is C13H9F11O. The molecule has 25 heavy (non-hydrogen) atoms. The number of benzene rings is 1. The minimum absolute atomic E-state index is 0.309. The molecule has 0 saturated carbocycles. The summed E-state index contributed by atoms with van der Waals surface area (Å²) >= 11 is 0. The maximum absolute atomic E-state index is 13.7. The molecule has 1 aromatic carbocycles. The molecule has 0 bridgehead atoms. The van der Waals surface area contributed by atoms with E-state index in [1.807, 2.05) is 0 Å². The summed E-state index contributed by atoms with van der Waals surface area (Å²) in [4.78, 5) is 0. The van der Waals surface area contributed by atoms with Crippen molar-refractivity contribution in [2.24, 2.45) is 0 Å². The van der Waals surface area contributed by atoms with E-state index < -0.39 is 41.5 Å². The Balaban J connectivity index is 3.46. The second-order valence-electron chi connectivity index (χ2n) is 5.10. The number of halogens is 11. The summed E-state index contributed by atoms with van der Waals surface area (Å²) in [7, 11) is 0. The van der Waals surface area contributed by atoms with Crippen LogP contribution in [0.3, 0.4) is 0 Å². The fourth-order valence-electron chi connectivity index (χ4n) is 1.85. The van der Waals surface area contributed by atoms with Crippen LogP contribution < -0.4 is 0 Å². The van der Waals surface area contributed by atoms with Crippen molar-refractivity contribution >= 4 is 0 Å². The molecule has 1 N–H and O–H groups in total. The van der Waals surface area contributed by atoms with Crippen LogP contribution in [0.5, 0.6) is 0 Å². The maximum Gasteiger partial charge on any atom is 0.460 e. The first kappa shape index (κ1) is 21.5. The highest BCUT2D eigenvalue weighted by molar-refractivity contribution is 5.30. The highest BCUT2D eigenvalue weighted by Gasteiger charge is 2.88. The van der Waals surface area contributed by atoms with Crippen molar-refractivity contribution in [1.82, 2.24) is 0 Å². The molecule has 0 radical (unpaired) electrons. The fraction of sp³-hybridized carbons (Fsp3) is 0.538. The predicted molar refractivity (Wildman–Crippen MR) is 62.0 cm³/mol. The summed E-state index contributed by atoms with van der Waals surface area (Å²) in [5, 5.41) is 9.31. The van der Waals surface area contributed by atoms with E-state index in [1.54, 1.807) is 0 Å². The molecule has 0 aliphatic rings. The number of hydrogen-bond acceptors (Lipinski definition) is 1. The molecular weight excluding hydrogens is 381 g/mol. The van der Waals surface area contributed by atoms with Crippen LogP contribution in [-0.4, -0.2) is 35.0 Å². The molecule has 0 aliphatic heterocycles. The van der Waals surface area contributed by atoms with Gasteiger partial charge in [0.05, 0.1) is 0 Å². The molecule has 1 rings (SSSR count). The molecule has 0 spiro atoms. The topological polar surface area (TPSA) is 20.2 Å². The van der Waals surface area contributed by atoms with Crippen LogP contribution in [0, 0.1) is 6.92 Å². The van der Waals surface area contributed by atoms with E-state index in [2.05, 4.69) is 0 Å². The SMILES string of the molecule is Cc1ccccc1C(O)C(F)(F)C(F)(F)C(F)(F)C(F)(F)C(F)(F)F. The quantitative estimate of drug-likeness (QED) is 0.691. The molecule has 0 amide bonds. The van der Waals surface area contributed by atoms with E-state index in [0.29, 0.717) is 6.07 Å². The second kappa shape index (κ2) is 5.99. The monoisotopic (exact) mass is 390 g/mol. The first-order valence-corrected chi connectivity index (χ1v) is 6.24. The number of aliphatic hydroxyl groups excluding tert-OH is 1. The zero-order chi connectivity index (χ0) is 20.1. The Morgan fingerprint density at radius 1 is 0.720 bits per heavy atom. The zero-order valence-corrected chi connectivity index (χ0v) is 12.0. The Bertz CT molecular complexity index is 621. The number of aliphatic hydroxyl groups is 1. The zero-order valence-electron chi connectivity index (χ0n) is 12.0. The first-order chi connectivity index (χ1) is 10.9. The van der Waals surface area contributed by atoms with Crippen molar-refractivity contribution in [3.8, 4) is 0 Å². The Labute approximate surface area is 133 Å². The van der Waals surface area contributed by atoms with Crippen molar-refractivity contribution in [2.75, 3.05) is 0 Å². The second-order valence-corrected chi connectivity index (χ2v) is 5.10. The summed E-state index contributed by atoms with van der Waals surface area (Å²) in [6, 6.07) is 3.72. The summed E-state index contributed by atoms with van der Waals surface area (Å²) in [5.41, 5.74) is -1.35. The maximum atomic E-state index is 13.7. The fourth-order valence-corrected chi connectivity index (χ4v) is 1.85. The van der Waals surface area contributed by atoms with E-state index in [1.165, 1.54) is 6.07 Å². The number of aryl methyl sites for hydroxylation is 1. The van der Waals surface area contributed by atoms with Gasteiger partial charge in [0, 0.05) is 0 Å². The minimum Gasteiger partial charge on any atom is -0.382 e. The molecule has 0 aromatic heterocycles. The standard InChI is InChI=1S/C13H9F11O/c1-6-4-2-3-5-7(6)8(25)9(14,15)10(16,17)11(18,19)12(20,21)13(22,23)24/h2-5,8,25H,1H3. The van der Waals surface area contributed by atoms with Crippen LogP contribution >= 0.6 is 0 Å². The van der Waals surface area contributed by atoms with Crippen LogP contribution in [0.15, 0.2) is 24.3 Å². The highest BCUT2D eigenvalue weighted by Crippen LogP contribution is 2.59. The van der Waals surface area contributed by atoms with Gasteiger partial charge in [-0.15, -0.1) is 0 Å². The van der Waals surface area contributed by atoms with E-state index in [-0.39, 0.29) is 5.56 Å². The lowest BCUT2D eigenvalue weighted by atomic mass is 9.90. The van der Waals surface area contributed by atoms with Crippen LogP contribution in [0.4, 0.5) is 48.3 Å². The van der Waals surface area contributed by atoms with Crippen molar-refractivity contribution in [2.45, 2.75) is 42.9 Å². The third kappa shape index (κ3) is 3.04. The Morgan fingerprint density at radius 2 is 1.16 bits per heavy atom. The van der Waals surface area contributed by atoms with Gasteiger partial charge >= 0.3 is 29.9 Å². The van der Waals surface area contributed by atoms with E-state index in [0.717, 1.165) is 19.1 Å². The molecule has 1 unspecified atom stereocenters. The van der Waals surface area contributed by atoms with Gasteiger partial charge in [-0.1, -0.05) is 24.3 Å². The molecule has 12 heteroatoms. The van der Waals surface area contributed by atoms with Gasteiger partial charge in [-0.2, -0.15) is 48.3 Å². The number of alkyl halides is 11. The lowest BCUT2D eigenvalue weighted by Crippen LogP contribution is -2.67. The minimum atomic E-state index is -7.54. The lowest BCUT2D eigenvalue weighted by Gasteiger charge is -2.39. The van der Waals surface area contributed by atoms with E-state index >= 15 is 0 Å². The Morgan fingerprint density at radius 3 is 1.56 bits per heavy atom. The van der Waals surface area contributed by atoms with Gasteiger partial charge in [-0.3, -0.25) is 0 Å². The summed E-state index contributed by atoms with van der Waals surface area (Å²) in [6.07, 6.45) is -11.0. The molecule has 0 heterocycles. The van der Waals surface area contributed by atoms with Crippen LogP contribution in [0.2, 0.25) is 0 Å². The first-order valence-electron chi connectivity index (χ1n) is 6.24. The third-order valence-electron chi connectivity index (χ3n) is 3.39. The Kier molecular flexibility index (Phi) is 5.14. The molecule has 144 valence electrons. The van der Waals surface area contributed by atoms with Crippen LogP contribution in [0.1, 0.15) is 17.2 Å². The third-order valence-corrected chi connectivity index (χ3v) is 3.39. The molecule has 1 nitrogen and oxygen atoms in total. The van der Waals surface area contributed by atoms with Gasteiger partial charge in [-0.05, 0) is 18.1 Å². The molecule has 0 aliphatic carbocycles. The van der Waals surface area contributed by atoms with Gasteiger partial charge in [0.2, 0.25) is 0 Å². The van der Waals surface area contributed by atoms with Crippen molar-refractivity contribution in [3.63, 3.8) is 0 Å². The molecule has 1 atom stereocenters. The van der Waals surface area contributed by atoms with Crippen molar-refractivity contribution in [3.05, 3.63) is 35.4 Å². The summed E-state index contributed by atoms with van der Waals surface area (Å²) in [5.74, 6) is -28.6. The van der Waals surface area contributed by atoms with Gasteiger partial charge in [-0.25, -0.2) is 0 Å². The van der Waals surface area contributed by atoms with Gasteiger partial charge in [0.1, 0.15) is 6.10 Å². The molecule has 0 saturated heterocycles. The normalized spacial score (nSPS) is 16.0. The molecule has 1 aromatic rings. The molecule has 0 fully saturated rings. The lowest BCUT2D eigenvalue weighted by molar-refractivity contribution is -0.429. The largest absolute Gasteiger partial charge is 0.460 e. The average molecular weight is 390 g/mol. The van der Waals surface area contributed by atoms with Gasteiger partial charge < -0.3 is 5.11 Å². The highest BCUT2D eigenvalue weighted by atomic mass is 19.4. The van der Waals surface area contributed by atoms with Crippen molar-refractivity contribution in [1.29, 1.82) is 0 Å². The van der Waals surface area contributed by atoms with Crippen LogP contribution in [0.25, 0.3) is 0 Å². The summed E-state index contributed by atoms with van der Waals surface area (Å²) < 4.78 is 142. The average Bonchev–Trinajstić information content (AvgIpc) is 2.45. The predicted octanol–water partition coefficient (Wildman–Crippen LogP) is 5.13. The van der Waals surface area contributed by atoms with Crippen LogP contribution in [-0.2, 0) is 0 Å². The van der Waals surface area contributed by atoms with Gasteiger partial charge in [0.25, 0.3) is 0 Å².